The second kappa shape index (κ2) is 4.14. The molecule has 88 valence electrons. The van der Waals surface area contributed by atoms with Crippen LogP contribution < -0.4 is 0 Å². The fourth-order valence-corrected chi connectivity index (χ4v) is 3.40. The first-order valence-electron chi connectivity index (χ1n) is 4.68. The number of hydrogen-bond acceptors (Lipinski definition) is 5. The van der Waals surface area contributed by atoms with Crippen LogP contribution in [-0.4, -0.2) is 36.1 Å². The third-order valence-corrected chi connectivity index (χ3v) is 4.55. The van der Waals surface area contributed by atoms with Gasteiger partial charge in [-0.2, -0.15) is 8.42 Å². The van der Waals surface area contributed by atoms with Crippen molar-refractivity contribution >= 4 is 27.8 Å². The number of carbonyl (C=O) groups is 1. The van der Waals surface area contributed by atoms with E-state index in [4.69, 9.17) is 4.18 Å². The summed E-state index contributed by atoms with van der Waals surface area (Å²) in [4.78, 5) is 12.7. The number of hydrogen-bond donors (Lipinski definition) is 0. The van der Waals surface area contributed by atoms with E-state index >= 15 is 0 Å². The van der Waals surface area contributed by atoms with Crippen molar-refractivity contribution in [3.8, 4) is 0 Å². The quantitative estimate of drug-likeness (QED) is 0.423. The molecule has 7 heteroatoms. The zero-order chi connectivity index (χ0) is 11.8. The molecule has 2 rings (SSSR count). The maximum atomic E-state index is 11.3. The van der Waals surface area contributed by atoms with Crippen LogP contribution in [0, 0.1) is 0 Å². The molecule has 0 aliphatic carbocycles. The predicted molar refractivity (Wildman–Crippen MR) is 60.9 cm³/mol. The molecular weight excluding hydrogens is 250 g/mol. The van der Waals surface area contributed by atoms with Crippen molar-refractivity contribution in [2.75, 3.05) is 11.5 Å². The first kappa shape index (κ1) is 11.5. The summed E-state index contributed by atoms with van der Waals surface area (Å²) in [6, 6.07) is 0. The molecule has 0 radical (unpaired) electrons. The van der Waals surface area contributed by atoms with Crippen molar-refractivity contribution in [2.24, 2.45) is 0 Å². The number of thioether (sulfide) groups is 1. The molecule has 0 bridgehead atoms. The van der Waals surface area contributed by atoms with E-state index in [2.05, 4.69) is 6.58 Å². The Morgan fingerprint density at radius 3 is 3.06 bits per heavy atom. The molecule has 0 saturated carbocycles. The van der Waals surface area contributed by atoms with E-state index in [1.54, 1.807) is 0 Å². The van der Waals surface area contributed by atoms with Crippen LogP contribution in [0.4, 0.5) is 0 Å². The Balaban J connectivity index is 2.06. The minimum atomic E-state index is -3.60. The molecule has 2 aliphatic heterocycles. The normalized spacial score (nSPS) is 24.2. The molecular formula is C9H11NO4S2. The predicted octanol–water partition coefficient (Wildman–Crippen LogP) is 0.665. The summed E-state index contributed by atoms with van der Waals surface area (Å²) < 4.78 is 27.5. The number of carbonyl (C=O) groups excluding carboxylic acids is 1. The van der Waals surface area contributed by atoms with Crippen molar-refractivity contribution in [3.05, 3.63) is 24.6 Å². The lowest BCUT2D eigenvalue weighted by atomic mass is 10.2. The number of rotatable bonds is 4. The zero-order valence-corrected chi connectivity index (χ0v) is 10.1. The molecule has 1 amide bonds. The molecule has 0 aromatic heterocycles. The summed E-state index contributed by atoms with van der Waals surface area (Å²) in [5.41, 5.74) is 0. The van der Waals surface area contributed by atoms with Gasteiger partial charge in [-0.25, -0.2) is 0 Å². The maximum absolute atomic E-state index is 11.3. The van der Waals surface area contributed by atoms with Gasteiger partial charge in [-0.3, -0.25) is 4.79 Å². The van der Waals surface area contributed by atoms with E-state index < -0.39 is 10.1 Å². The highest BCUT2D eigenvalue weighted by molar-refractivity contribution is 8.00. The van der Waals surface area contributed by atoms with Crippen LogP contribution in [0.15, 0.2) is 24.6 Å². The van der Waals surface area contributed by atoms with E-state index in [0.717, 1.165) is 0 Å². The Morgan fingerprint density at radius 2 is 2.44 bits per heavy atom. The molecule has 2 aliphatic rings. The van der Waals surface area contributed by atoms with Gasteiger partial charge in [0.25, 0.3) is 0 Å². The topological polar surface area (TPSA) is 63.7 Å². The van der Waals surface area contributed by atoms with Gasteiger partial charge >= 0.3 is 10.1 Å². The monoisotopic (exact) mass is 261 g/mol. The summed E-state index contributed by atoms with van der Waals surface area (Å²) in [5.74, 6) is 0.549. The molecule has 0 N–H and O–H groups in total. The number of β-lactam (4-membered cyclic amide) rings is 1. The average Bonchev–Trinajstić information content (AvgIpc) is 2.18. The first-order valence-corrected chi connectivity index (χ1v) is 7.31. The number of fused-ring (bicyclic) bond motifs is 1. The summed E-state index contributed by atoms with van der Waals surface area (Å²) in [7, 11) is -3.60. The Hall–Kier alpha value is -0.950. The second-order valence-corrected chi connectivity index (χ2v) is 6.24. The largest absolute Gasteiger partial charge is 0.384 e. The molecule has 1 saturated heterocycles. The lowest BCUT2D eigenvalue weighted by Gasteiger charge is -2.40. The van der Waals surface area contributed by atoms with E-state index in [-0.39, 0.29) is 17.0 Å². The molecule has 16 heavy (non-hydrogen) atoms. The third kappa shape index (κ3) is 2.25. The smallest absolute Gasteiger partial charge is 0.312 e. The Kier molecular flexibility index (Phi) is 2.98. The Bertz CT molecular complexity index is 454. The van der Waals surface area contributed by atoms with Crippen LogP contribution in [0.3, 0.4) is 0 Å². The summed E-state index contributed by atoms with van der Waals surface area (Å²) in [6.45, 7) is 3.34. The molecule has 0 spiro atoms. The van der Waals surface area contributed by atoms with Crippen LogP contribution in [0.5, 0.6) is 0 Å². The van der Waals surface area contributed by atoms with Gasteiger partial charge < -0.3 is 9.08 Å². The van der Waals surface area contributed by atoms with Gasteiger partial charge in [-0.05, 0) is 0 Å². The third-order valence-electron chi connectivity index (χ3n) is 2.20. The van der Waals surface area contributed by atoms with E-state index in [0.29, 0.717) is 17.9 Å². The van der Waals surface area contributed by atoms with Crippen LogP contribution in [0.25, 0.3) is 0 Å². The lowest BCUT2D eigenvalue weighted by Crippen LogP contribution is -2.49. The summed E-state index contributed by atoms with van der Waals surface area (Å²) in [5, 5.41) is 0.155. The van der Waals surface area contributed by atoms with Crippen molar-refractivity contribution in [2.45, 2.75) is 11.8 Å². The molecule has 2 heterocycles. The molecule has 1 fully saturated rings. The first-order chi connectivity index (χ1) is 7.52. The van der Waals surface area contributed by atoms with Crippen molar-refractivity contribution in [1.82, 2.24) is 4.90 Å². The van der Waals surface area contributed by atoms with Gasteiger partial charge in [0.2, 0.25) is 5.91 Å². The highest BCUT2D eigenvalue weighted by Crippen LogP contribution is 2.36. The van der Waals surface area contributed by atoms with Crippen LogP contribution in [0.1, 0.15) is 6.42 Å². The van der Waals surface area contributed by atoms with Crippen molar-refractivity contribution in [3.63, 3.8) is 0 Å². The molecule has 5 nitrogen and oxygen atoms in total. The van der Waals surface area contributed by atoms with E-state index in [9.17, 15) is 13.2 Å². The maximum Gasteiger partial charge on any atom is 0.312 e. The van der Waals surface area contributed by atoms with Gasteiger partial charge in [0.05, 0.1) is 17.5 Å². The summed E-state index contributed by atoms with van der Waals surface area (Å²) >= 11 is 1.51. The van der Waals surface area contributed by atoms with E-state index in [1.165, 1.54) is 28.9 Å². The van der Waals surface area contributed by atoms with Crippen molar-refractivity contribution < 1.29 is 17.4 Å². The number of nitrogens with zero attached hydrogens (tertiary/aromatic N) is 1. The minimum absolute atomic E-state index is 0.000538. The standard InChI is InChI=1S/C9H11NO4S2/c1-2-3-16(12,13)14-7-5-10-8(11)4-9(10)15-6-7/h2,5,9H,1,3-4,6H2/t9-/m0/s1. The van der Waals surface area contributed by atoms with Gasteiger partial charge in [0.15, 0.2) is 0 Å². The van der Waals surface area contributed by atoms with Crippen LogP contribution >= 0.6 is 11.8 Å². The molecule has 1 atom stereocenters. The van der Waals surface area contributed by atoms with Gasteiger partial charge in [-0.1, -0.05) is 6.08 Å². The SMILES string of the molecule is C=CCS(=O)(=O)OC1=CN2C(=O)C[C@@H]2SC1. The Labute approximate surface area is 98.3 Å². The van der Waals surface area contributed by atoms with Gasteiger partial charge in [0, 0.05) is 6.20 Å². The average molecular weight is 261 g/mol. The van der Waals surface area contributed by atoms with Crippen LogP contribution in [-0.2, 0) is 19.1 Å². The second-order valence-electron chi connectivity index (χ2n) is 3.46. The summed E-state index contributed by atoms with van der Waals surface area (Å²) in [6.07, 6.45) is 3.27. The highest BCUT2D eigenvalue weighted by Gasteiger charge is 2.38. The van der Waals surface area contributed by atoms with E-state index in [1.807, 2.05) is 0 Å². The Morgan fingerprint density at radius 1 is 1.69 bits per heavy atom. The van der Waals surface area contributed by atoms with Crippen LogP contribution in [0.2, 0.25) is 0 Å². The zero-order valence-electron chi connectivity index (χ0n) is 8.46. The molecule has 0 unspecified atom stereocenters. The fourth-order valence-electron chi connectivity index (χ4n) is 1.45. The fraction of sp³-hybridized carbons (Fsp3) is 0.444. The molecule has 0 aromatic rings. The minimum Gasteiger partial charge on any atom is -0.384 e. The lowest BCUT2D eigenvalue weighted by molar-refractivity contribution is -0.137. The van der Waals surface area contributed by atoms with Gasteiger partial charge in [-0.15, -0.1) is 18.3 Å². The highest BCUT2D eigenvalue weighted by atomic mass is 32.2. The number of amides is 1. The van der Waals surface area contributed by atoms with Crippen molar-refractivity contribution in [1.29, 1.82) is 0 Å². The molecule has 0 aromatic carbocycles. The van der Waals surface area contributed by atoms with Gasteiger partial charge in [0.1, 0.15) is 11.5 Å².